The molecule has 0 saturated carbocycles. The first-order chi connectivity index (χ1) is 7.77. The van der Waals surface area contributed by atoms with Gasteiger partial charge >= 0.3 is 0 Å². The summed E-state index contributed by atoms with van der Waals surface area (Å²) in [4.78, 5) is 0.214. The molecule has 2 N–H and O–H groups in total. The van der Waals surface area contributed by atoms with Crippen molar-refractivity contribution in [1.82, 2.24) is 0 Å². The minimum absolute atomic E-state index is 0.214. The zero-order valence-corrected chi connectivity index (χ0v) is 12.6. The van der Waals surface area contributed by atoms with E-state index in [0.29, 0.717) is 0 Å². The number of nitrogens with two attached hydrogens (primary N) is 1. The van der Waals surface area contributed by atoms with Crippen LogP contribution in [0, 0.1) is 0 Å². The summed E-state index contributed by atoms with van der Waals surface area (Å²) < 4.78 is 0. The average molecular weight is 292 g/mol. The van der Waals surface area contributed by atoms with E-state index in [1.807, 2.05) is 0 Å². The Balaban J connectivity index is 2.88. The van der Waals surface area contributed by atoms with Crippen LogP contribution in [-0.4, -0.2) is 4.95 Å². The SMILES string of the molecule is CCCCCCCCCCCCCC(N)Br. The maximum Gasteiger partial charge on any atom is 0.0605 e. The fourth-order valence-corrected chi connectivity index (χ4v) is 2.33. The van der Waals surface area contributed by atoms with Crippen LogP contribution in [0.4, 0.5) is 0 Å². The third-order valence-corrected chi connectivity index (χ3v) is 3.54. The van der Waals surface area contributed by atoms with Gasteiger partial charge in [0.05, 0.1) is 4.95 Å². The van der Waals surface area contributed by atoms with Gasteiger partial charge in [0, 0.05) is 0 Å². The standard InChI is InChI=1S/C14H30BrN/c1-2-3-4-5-6-7-8-9-10-11-12-13-14(15)16/h14H,2-13,16H2,1H3. The fraction of sp³-hybridized carbons (Fsp3) is 1.00. The second-order valence-electron chi connectivity index (χ2n) is 4.84. The van der Waals surface area contributed by atoms with Crippen LogP contribution in [0.3, 0.4) is 0 Å². The van der Waals surface area contributed by atoms with Crippen molar-refractivity contribution in [2.75, 3.05) is 0 Å². The van der Waals surface area contributed by atoms with Gasteiger partial charge in [-0.05, 0) is 6.42 Å². The van der Waals surface area contributed by atoms with Crippen LogP contribution in [-0.2, 0) is 0 Å². The van der Waals surface area contributed by atoms with E-state index in [9.17, 15) is 0 Å². The molecule has 0 heterocycles. The van der Waals surface area contributed by atoms with Crippen molar-refractivity contribution < 1.29 is 0 Å². The summed E-state index contributed by atoms with van der Waals surface area (Å²) in [5.74, 6) is 0. The van der Waals surface area contributed by atoms with Crippen molar-refractivity contribution in [2.24, 2.45) is 5.73 Å². The van der Waals surface area contributed by atoms with E-state index in [1.165, 1.54) is 70.6 Å². The average Bonchev–Trinajstić information content (AvgIpc) is 2.25. The van der Waals surface area contributed by atoms with E-state index in [2.05, 4.69) is 22.9 Å². The third kappa shape index (κ3) is 14.4. The quantitative estimate of drug-likeness (QED) is 0.292. The summed E-state index contributed by atoms with van der Waals surface area (Å²) >= 11 is 3.38. The molecule has 1 unspecified atom stereocenters. The van der Waals surface area contributed by atoms with Crippen LogP contribution < -0.4 is 5.73 Å². The number of alkyl halides is 1. The summed E-state index contributed by atoms with van der Waals surface area (Å²) in [6.07, 6.45) is 16.6. The molecule has 0 aromatic heterocycles. The predicted octanol–water partition coefficient (Wildman–Crippen LogP) is 5.37. The number of hydrogen-bond donors (Lipinski definition) is 1. The highest BCUT2D eigenvalue weighted by Gasteiger charge is 1.96. The molecule has 0 fully saturated rings. The van der Waals surface area contributed by atoms with E-state index < -0.39 is 0 Å². The Morgan fingerprint density at radius 2 is 1.12 bits per heavy atom. The summed E-state index contributed by atoms with van der Waals surface area (Å²) in [7, 11) is 0. The van der Waals surface area contributed by atoms with Gasteiger partial charge in [-0.2, -0.15) is 0 Å². The topological polar surface area (TPSA) is 26.0 Å². The van der Waals surface area contributed by atoms with Crippen LogP contribution in [0.5, 0.6) is 0 Å². The molecule has 0 aromatic carbocycles. The van der Waals surface area contributed by atoms with Crippen molar-refractivity contribution in [3.63, 3.8) is 0 Å². The molecular formula is C14H30BrN. The lowest BCUT2D eigenvalue weighted by atomic mass is 10.1. The summed E-state index contributed by atoms with van der Waals surface area (Å²) in [6.45, 7) is 2.28. The zero-order valence-electron chi connectivity index (χ0n) is 11.0. The smallest absolute Gasteiger partial charge is 0.0605 e. The minimum atomic E-state index is 0.214. The Morgan fingerprint density at radius 3 is 1.50 bits per heavy atom. The van der Waals surface area contributed by atoms with Crippen LogP contribution in [0.15, 0.2) is 0 Å². The van der Waals surface area contributed by atoms with Crippen LogP contribution >= 0.6 is 15.9 Å². The van der Waals surface area contributed by atoms with Crippen molar-refractivity contribution in [2.45, 2.75) is 88.9 Å². The van der Waals surface area contributed by atoms with Gasteiger partial charge in [-0.15, -0.1) is 0 Å². The lowest BCUT2D eigenvalue weighted by molar-refractivity contribution is 0.543. The van der Waals surface area contributed by atoms with Crippen LogP contribution in [0.1, 0.15) is 84.0 Å². The molecule has 0 amide bonds. The zero-order chi connectivity index (χ0) is 12.1. The summed E-state index contributed by atoms with van der Waals surface area (Å²) in [5.41, 5.74) is 5.63. The molecule has 0 aliphatic heterocycles. The molecule has 0 rings (SSSR count). The Hall–Kier alpha value is 0.440. The lowest BCUT2D eigenvalue weighted by Crippen LogP contribution is -2.09. The van der Waals surface area contributed by atoms with Crippen molar-refractivity contribution >= 4 is 15.9 Å². The summed E-state index contributed by atoms with van der Waals surface area (Å²) in [6, 6.07) is 0. The minimum Gasteiger partial charge on any atom is -0.319 e. The second kappa shape index (κ2) is 13.5. The van der Waals surface area contributed by atoms with Crippen LogP contribution in [0.25, 0.3) is 0 Å². The molecule has 98 valence electrons. The van der Waals surface area contributed by atoms with Gasteiger partial charge in [-0.3, -0.25) is 0 Å². The van der Waals surface area contributed by atoms with Gasteiger partial charge < -0.3 is 5.73 Å². The molecule has 0 aliphatic rings. The molecule has 0 saturated heterocycles. The number of hydrogen-bond acceptors (Lipinski definition) is 1. The molecule has 1 atom stereocenters. The van der Waals surface area contributed by atoms with Gasteiger partial charge in [0.1, 0.15) is 0 Å². The first-order valence-corrected chi connectivity index (χ1v) is 8.08. The van der Waals surface area contributed by atoms with E-state index in [4.69, 9.17) is 5.73 Å². The van der Waals surface area contributed by atoms with E-state index in [1.54, 1.807) is 0 Å². The molecule has 0 aliphatic carbocycles. The molecular weight excluding hydrogens is 262 g/mol. The molecule has 0 radical (unpaired) electrons. The van der Waals surface area contributed by atoms with Gasteiger partial charge in [0.25, 0.3) is 0 Å². The fourth-order valence-electron chi connectivity index (χ4n) is 2.00. The molecule has 2 heteroatoms. The Kier molecular flexibility index (Phi) is 13.9. The maximum atomic E-state index is 5.63. The van der Waals surface area contributed by atoms with Gasteiger partial charge in [0.2, 0.25) is 0 Å². The molecule has 0 bridgehead atoms. The van der Waals surface area contributed by atoms with Crippen molar-refractivity contribution in [3.05, 3.63) is 0 Å². The van der Waals surface area contributed by atoms with E-state index >= 15 is 0 Å². The van der Waals surface area contributed by atoms with E-state index in [0.717, 1.165) is 6.42 Å². The number of unbranched alkanes of at least 4 members (excludes halogenated alkanes) is 10. The highest BCUT2D eigenvalue weighted by molar-refractivity contribution is 9.09. The number of rotatable bonds is 12. The molecule has 0 spiro atoms. The summed E-state index contributed by atoms with van der Waals surface area (Å²) in [5, 5.41) is 0. The first-order valence-electron chi connectivity index (χ1n) is 7.17. The Labute approximate surface area is 111 Å². The van der Waals surface area contributed by atoms with Gasteiger partial charge in [-0.25, -0.2) is 0 Å². The Bertz CT molecular complexity index is 126. The Morgan fingerprint density at radius 1 is 0.750 bits per heavy atom. The van der Waals surface area contributed by atoms with Crippen molar-refractivity contribution in [1.29, 1.82) is 0 Å². The predicted molar refractivity (Wildman–Crippen MR) is 78.0 cm³/mol. The second-order valence-corrected chi connectivity index (χ2v) is 6.02. The lowest BCUT2D eigenvalue weighted by Gasteiger charge is -2.03. The normalized spacial score (nSPS) is 12.9. The van der Waals surface area contributed by atoms with E-state index in [-0.39, 0.29) is 4.95 Å². The molecule has 1 nitrogen and oxygen atoms in total. The monoisotopic (exact) mass is 291 g/mol. The number of halogens is 1. The van der Waals surface area contributed by atoms with Gasteiger partial charge in [0.15, 0.2) is 0 Å². The highest BCUT2D eigenvalue weighted by Crippen LogP contribution is 2.12. The third-order valence-electron chi connectivity index (χ3n) is 3.08. The maximum absolute atomic E-state index is 5.63. The molecule has 0 aromatic rings. The largest absolute Gasteiger partial charge is 0.319 e. The first kappa shape index (κ1) is 16.4. The highest BCUT2D eigenvalue weighted by atomic mass is 79.9. The molecule has 16 heavy (non-hydrogen) atoms. The van der Waals surface area contributed by atoms with Gasteiger partial charge in [-0.1, -0.05) is 93.5 Å². The van der Waals surface area contributed by atoms with Crippen molar-refractivity contribution in [3.8, 4) is 0 Å². The van der Waals surface area contributed by atoms with Crippen LogP contribution in [0.2, 0.25) is 0 Å².